The highest BCUT2D eigenvalue weighted by molar-refractivity contribution is 7.26. The summed E-state index contributed by atoms with van der Waals surface area (Å²) in [6, 6.07) is 36.9. The summed E-state index contributed by atoms with van der Waals surface area (Å²) in [5, 5.41) is 10.9. The zero-order valence-corrected chi connectivity index (χ0v) is 26.7. The molecule has 2 aromatic heterocycles. The summed E-state index contributed by atoms with van der Waals surface area (Å²) >= 11 is 3.87. The number of rotatable bonds is 1. The van der Waals surface area contributed by atoms with Crippen molar-refractivity contribution in [1.29, 1.82) is 0 Å². The number of benzene rings is 6. The molecule has 0 spiro atoms. The van der Waals surface area contributed by atoms with E-state index in [1.54, 1.807) is 0 Å². The van der Waals surface area contributed by atoms with E-state index in [-0.39, 0.29) is 10.8 Å². The lowest BCUT2D eigenvalue weighted by molar-refractivity contribution is 0.596. The van der Waals surface area contributed by atoms with Gasteiger partial charge in [-0.25, -0.2) is 0 Å². The molecule has 0 amide bonds. The summed E-state index contributed by atoms with van der Waals surface area (Å²) in [6.07, 6.45) is 0. The monoisotopic (exact) mass is 578 g/mol. The predicted molar refractivity (Wildman–Crippen MR) is 190 cm³/mol. The van der Waals surface area contributed by atoms with E-state index in [9.17, 15) is 0 Å². The van der Waals surface area contributed by atoms with Crippen LogP contribution in [0.4, 0.5) is 0 Å². The Hall–Kier alpha value is -3.72. The predicted octanol–water partition coefficient (Wildman–Crippen LogP) is 13.0. The van der Waals surface area contributed by atoms with E-state index in [1.807, 2.05) is 22.7 Å². The molecule has 42 heavy (non-hydrogen) atoms. The van der Waals surface area contributed by atoms with Crippen LogP contribution in [0.25, 0.3) is 73.0 Å². The highest BCUT2D eigenvalue weighted by Gasteiger charge is 2.25. The average Bonchev–Trinajstić information content (AvgIpc) is 3.51. The van der Waals surface area contributed by atoms with E-state index in [4.69, 9.17) is 0 Å². The molecular formula is C40H34S2. The lowest BCUT2D eigenvalue weighted by Gasteiger charge is -2.24. The van der Waals surface area contributed by atoms with Gasteiger partial charge >= 0.3 is 0 Å². The minimum absolute atomic E-state index is 0.000726. The molecule has 0 radical (unpaired) electrons. The molecule has 0 aliphatic carbocycles. The van der Waals surface area contributed by atoms with Crippen molar-refractivity contribution in [2.45, 2.75) is 52.4 Å². The molecule has 0 saturated carbocycles. The summed E-state index contributed by atoms with van der Waals surface area (Å²) in [6.45, 7) is 14.1. The van der Waals surface area contributed by atoms with Crippen molar-refractivity contribution in [2.24, 2.45) is 0 Å². The van der Waals surface area contributed by atoms with Gasteiger partial charge in [0.1, 0.15) is 0 Å². The molecule has 0 saturated heterocycles. The smallest absolute Gasteiger partial charge is 0.0399 e. The number of fused-ring (bicyclic) bond motifs is 9. The lowest BCUT2D eigenvalue weighted by Crippen LogP contribution is -2.13. The van der Waals surface area contributed by atoms with Gasteiger partial charge in [0, 0.05) is 40.3 Å². The van der Waals surface area contributed by atoms with Gasteiger partial charge in [0.25, 0.3) is 0 Å². The van der Waals surface area contributed by atoms with E-state index in [0.717, 1.165) is 0 Å². The fourth-order valence-corrected chi connectivity index (χ4v) is 9.60. The van der Waals surface area contributed by atoms with Crippen LogP contribution < -0.4 is 0 Å². The van der Waals surface area contributed by atoms with Crippen molar-refractivity contribution in [1.82, 2.24) is 0 Å². The Morgan fingerprint density at radius 1 is 0.476 bits per heavy atom. The van der Waals surface area contributed by atoms with Crippen LogP contribution in [0.3, 0.4) is 0 Å². The van der Waals surface area contributed by atoms with Gasteiger partial charge in [-0.2, -0.15) is 0 Å². The molecule has 0 aliphatic rings. The van der Waals surface area contributed by atoms with Gasteiger partial charge in [-0.15, -0.1) is 22.7 Å². The molecule has 8 rings (SSSR count). The minimum atomic E-state index is -0.000726. The summed E-state index contributed by atoms with van der Waals surface area (Å²) in [5.41, 5.74) is 5.63. The first kappa shape index (κ1) is 25.9. The van der Waals surface area contributed by atoms with Gasteiger partial charge in [0.05, 0.1) is 0 Å². The molecule has 0 bridgehead atoms. The van der Waals surface area contributed by atoms with Crippen LogP contribution in [-0.2, 0) is 10.8 Å². The average molecular weight is 579 g/mol. The Morgan fingerprint density at radius 2 is 1.26 bits per heavy atom. The molecule has 0 unspecified atom stereocenters. The number of thiophene rings is 2. The molecular weight excluding hydrogens is 545 g/mol. The third-order valence-electron chi connectivity index (χ3n) is 8.85. The third-order valence-corrected chi connectivity index (χ3v) is 11.2. The van der Waals surface area contributed by atoms with Gasteiger partial charge in [-0.1, -0.05) is 108 Å². The second-order valence-electron chi connectivity index (χ2n) is 13.8. The Morgan fingerprint density at radius 3 is 2.07 bits per heavy atom. The number of hydrogen-bond donors (Lipinski definition) is 0. The Balaban J connectivity index is 1.37. The minimum Gasteiger partial charge on any atom is -0.135 e. The van der Waals surface area contributed by atoms with Crippen LogP contribution in [-0.4, -0.2) is 0 Å². The van der Waals surface area contributed by atoms with Crippen LogP contribution in [0.1, 0.15) is 52.7 Å². The van der Waals surface area contributed by atoms with Gasteiger partial charge in [-0.3, -0.25) is 0 Å². The van der Waals surface area contributed by atoms with Crippen LogP contribution >= 0.6 is 22.7 Å². The van der Waals surface area contributed by atoms with E-state index < -0.39 is 0 Å². The van der Waals surface area contributed by atoms with Crippen molar-refractivity contribution in [3.63, 3.8) is 0 Å². The quantitative estimate of drug-likeness (QED) is 0.182. The van der Waals surface area contributed by atoms with Crippen LogP contribution in [0, 0.1) is 0 Å². The molecule has 2 heterocycles. The lowest BCUT2D eigenvalue weighted by atomic mass is 9.80. The fraction of sp³-hybridized carbons (Fsp3) is 0.200. The maximum atomic E-state index is 2.42. The normalized spacial score (nSPS) is 13.0. The highest BCUT2D eigenvalue weighted by atomic mass is 32.1. The SMILES string of the molecule is CC(C)(C)c1c(-c2ccc3cc4c(cc3c2)sc2cccc(C(C)(C)C)c24)ccc2c1sc1ccc3ccccc3c12. The fourth-order valence-electron chi connectivity index (χ4n) is 6.96. The molecule has 0 nitrogen and oxygen atoms in total. The van der Waals surface area contributed by atoms with E-state index >= 15 is 0 Å². The molecule has 0 fully saturated rings. The zero-order chi connectivity index (χ0) is 29.0. The molecule has 0 aliphatic heterocycles. The first-order valence-electron chi connectivity index (χ1n) is 14.9. The van der Waals surface area contributed by atoms with Crippen LogP contribution in [0.2, 0.25) is 0 Å². The third kappa shape index (κ3) is 3.85. The molecule has 6 aromatic carbocycles. The van der Waals surface area contributed by atoms with Crippen molar-refractivity contribution in [3.8, 4) is 11.1 Å². The van der Waals surface area contributed by atoms with E-state index in [1.165, 1.54) is 84.1 Å². The van der Waals surface area contributed by atoms with Gasteiger partial charge in [-0.05, 0) is 85.0 Å². The van der Waals surface area contributed by atoms with E-state index in [0.29, 0.717) is 0 Å². The number of hydrogen-bond acceptors (Lipinski definition) is 2. The van der Waals surface area contributed by atoms with Crippen molar-refractivity contribution < 1.29 is 0 Å². The van der Waals surface area contributed by atoms with Crippen molar-refractivity contribution >= 4 is 84.6 Å². The van der Waals surface area contributed by atoms with Gasteiger partial charge in [0.2, 0.25) is 0 Å². The van der Waals surface area contributed by atoms with Crippen LogP contribution in [0.5, 0.6) is 0 Å². The Kier molecular flexibility index (Phi) is 5.49. The second kappa shape index (κ2) is 8.89. The first-order valence-corrected chi connectivity index (χ1v) is 16.5. The summed E-state index contributed by atoms with van der Waals surface area (Å²) < 4.78 is 5.53. The largest absolute Gasteiger partial charge is 0.135 e. The van der Waals surface area contributed by atoms with Crippen LogP contribution in [0.15, 0.2) is 97.1 Å². The molecule has 206 valence electrons. The second-order valence-corrected chi connectivity index (χ2v) is 16.0. The van der Waals surface area contributed by atoms with Gasteiger partial charge in [0.15, 0.2) is 0 Å². The van der Waals surface area contributed by atoms with Gasteiger partial charge < -0.3 is 0 Å². The van der Waals surface area contributed by atoms with Crippen molar-refractivity contribution in [3.05, 3.63) is 108 Å². The molecule has 2 heteroatoms. The van der Waals surface area contributed by atoms with E-state index in [2.05, 4.69) is 139 Å². The standard InChI is InChI=1S/C40H34S2/c1-39(2,3)31-12-9-13-32-36(31)30-21-24-14-15-25(20-26(24)22-34(30)41-32)28-17-18-29-35-27-11-8-7-10-23(27)16-19-33(35)42-38(29)37(28)40(4,5)6/h7-22H,1-6H3. The highest BCUT2D eigenvalue weighted by Crippen LogP contribution is 2.47. The topological polar surface area (TPSA) is 0 Å². The Labute approximate surface area is 255 Å². The first-order chi connectivity index (χ1) is 20.1. The van der Waals surface area contributed by atoms with Crippen molar-refractivity contribution in [2.75, 3.05) is 0 Å². The molecule has 0 atom stereocenters. The maximum absolute atomic E-state index is 2.42. The summed E-state index contributed by atoms with van der Waals surface area (Å²) in [5.74, 6) is 0. The molecule has 0 N–H and O–H groups in total. The molecule has 8 aromatic rings. The zero-order valence-electron chi connectivity index (χ0n) is 25.1. The maximum Gasteiger partial charge on any atom is 0.0399 e. The summed E-state index contributed by atoms with van der Waals surface area (Å²) in [7, 11) is 0. The summed E-state index contributed by atoms with van der Waals surface area (Å²) in [4.78, 5) is 0. The Bertz CT molecular complexity index is 2360.